The van der Waals surface area contributed by atoms with E-state index >= 15 is 0 Å². The van der Waals surface area contributed by atoms with Crippen LogP contribution in [-0.2, 0) is 0 Å². The first-order valence-corrected chi connectivity index (χ1v) is 8.29. The van der Waals surface area contributed by atoms with Gasteiger partial charge in [-0.25, -0.2) is 0 Å². The highest BCUT2D eigenvalue weighted by molar-refractivity contribution is 7.99. The smallest absolute Gasteiger partial charge is 0.229 e. The maximum Gasteiger partial charge on any atom is 0.229 e. The number of fused-ring (bicyclic) bond motifs is 1. The van der Waals surface area contributed by atoms with Gasteiger partial charge in [0.2, 0.25) is 11.0 Å². The van der Waals surface area contributed by atoms with Crippen LogP contribution in [0.15, 0.2) is 87.2 Å². The SMILES string of the molecule is N#Cc1nc(-c2cccc3ccccc23)oc1Sc1ccccc1. The first kappa shape index (κ1) is 14.6. The van der Waals surface area contributed by atoms with Crippen molar-refractivity contribution in [2.24, 2.45) is 0 Å². The van der Waals surface area contributed by atoms with E-state index in [2.05, 4.69) is 11.1 Å². The Balaban J connectivity index is 1.81. The van der Waals surface area contributed by atoms with Crippen LogP contribution in [0.25, 0.3) is 22.2 Å². The molecule has 4 rings (SSSR count). The van der Waals surface area contributed by atoms with Crippen LogP contribution in [0.1, 0.15) is 5.69 Å². The van der Waals surface area contributed by atoms with Gasteiger partial charge in [-0.3, -0.25) is 0 Å². The maximum atomic E-state index is 9.38. The summed E-state index contributed by atoms with van der Waals surface area (Å²) in [6, 6.07) is 26.0. The van der Waals surface area contributed by atoms with Crippen LogP contribution >= 0.6 is 11.8 Å². The Hall–Kier alpha value is -3.03. The van der Waals surface area contributed by atoms with Crippen LogP contribution in [0.4, 0.5) is 0 Å². The molecule has 3 nitrogen and oxygen atoms in total. The van der Waals surface area contributed by atoms with Gasteiger partial charge < -0.3 is 4.42 Å². The van der Waals surface area contributed by atoms with Crippen molar-refractivity contribution >= 4 is 22.5 Å². The fraction of sp³-hybridized carbons (Fsp3) is 0. The van der Waals surface area contributed by atoms with Crippen molar-refractivity contribution in [1.82, 2.24) is 4.98 Å². The number of benzene rings is 3. The summed E-state index contributed by atoms with van der Waals surface area (Å²) in [5, 5.41) is 12.1. The molecule has 0 saturated heterocycles. The zero-order valence-corrected chi connectivity index (χ0v) is 13.5. The topological polar surface area (TPSA) is 49.8 Å². The molecule has 0 saturated carbocycles. The van der Waals surface area contributed by atoms with Crippen molar-refractivity contribution in [3.8, 4) is 17.5 Å². The van der Waals surface area contributed by atoms with E-state index in [0.29, 0.717) is 16.7 Å². The Labute approximate surface area is 143 Å². The van der Waals surface area contributed by atoms with Gasteiger partial charge in [-0.2, -0.15) is 10.2 Å². The molecule has 0 radical (unpaired) electrons. The van der Waals surface area contributed by atoms with E-state index in [0.717, 1.165) is 21.2 Å². The van der Waals surface area contributed by atoms with E-state index < -0.39 is 0 Å². The number of aromatic nitrogens is 1. The van der Waals surface area contributed by atoms with Crippen molar-refractivity contribution in [2.75, 3.05) is 0 Å². The van der Waals surface area contributed by atoms with Crippen LogP contribution < -0.4 is 0 Å². The Morgan fingerprint density at radius 2 is 1.62 bits per heavy atom. The molecule has 0 bridgehead atoms. The molecule has 4 heteroatoms. The van der Waals surface area contributed by atoms with Crippen LogP contribution in [0.2, 0.25) is 0 Å². The lowest BCUT2D eigenvalue weighted by atomic mass is 10.0. The summed E-state index contributed by atoms with van der Waals surface area (Å²) in [7, 11) is 0. The summed E-state index contributed by atoms with van der Waals surface area (Å²) in [5.74, 6) is 0.474. The zero-order chi connectivity index (χ0) is 16.4. The van der Waals surface area contributed by atoms with Crippen molar-refractivity contribution < 1.29 is 4.42 Å². The van der Waals surface area contributed by atoms with E-state index in [4.69, 9.17) is 4.42 Å². The van der Waals surface area contributed by atoms with Gasteiger partial charge >= 0.3 is 0 Å². The number of hydrogen-bond acceptors (Lipinski definition) is 4. The van der Waals surface area contributed by atoms with Gasteiger partial charge in [-0.05, 0) is 40.7 Å². The molecule has 1 heterocycles. The monoisotopic (exact) mass is 328 g/mol. The van der Waals surface area contributed by atoms with Gasteiger partial charge in [-0.1, -0.05) is 54.6 Å². The van der Waals surface area contributed by atoms with E-state index in [9.17, 15) is 5.26 Å². The first-order chi connectivity index (χ1) is 11.8. The lowest BCUT2D eigenvalue weighted by Crippen LogP contribution is -1.81. The van der Waals surface area contributed by atoms with Crippen molar-refractivity contribution in [3.63, 3.8) is 0 Å². The number of nitriles is 1. The largest absolute Gasteiger partial charge is 0.428 e. The Morgan fingerprint density at radius 3 is 2.46 bits per heavy atom. The van der Waals surface area contributed by atoms with Crippen molar-refractivity contribution in [3.05, 3.63) is 78.5 Å². The second-order valence-corrected chi connectivity index (χ2v) is 6.26. The minimum atomic E-state index is 0.312. The van der Waals surface area contributed by atoms with Gasteiger partial charge in [0.1, 0.15) is 6.07 Å². The molecule has 0 amide bonds. The average molecular weight is 328 g/mol. The maximum absolute atomic E-state index is 9.38. The average Bonchev–Trinajstić information content (AvgIpc) is 3.05. The van der Waals surface area contributed by atoms with E-state index in [1.54, 1.807) is 0 Å². The second kappa shape index (κ2) is 6.23. The third-order valence-corrected chi connectivity index (χ3v) is 4.65. The molecule has 3 aromatic carbocycles. The van der Waals surface area contributed by atoms with Gasteiger partial charge in [0.15, 0.2) is 5.69 Å². The summed E-state index contributed by atoms with van der Waals surface area (Å²) in [4.78, 5) is 5.41. The third-order valence-electron chi connectivity index (χ3n) is 3.68. The summed E-state index contributed by atoms with van der Waals surface area (Å²) >= 11 is 1.41. The molecule has 1 aromatic heterocycles. The van der Waals surface area contributed by atoms with Gasteiger partial charge in [0, 0.05) is 10.5 Å². The van der Waals surface area contributed by atoms with Crippen molar-refractivity contribution in [1.29, 1.82) is 5.26 Å². The molecule has 0 aliphatic carbocycles. The molecule has 0 aliphatic heterocycles. The van der Waals surface area contributed by atoms with Crippen LogP contribution in [0.3, 0.4) is 0 Å². The van der Waals surface area contributed by atoms with E-state index in [1.165, 1.54) is 11.8 Å². The van der Waals surface area contributed by atoms with Crippen LogP contribution in [0, 0.1) is 11.3 Å². The molecule has 0 spiro atoms. The van der Waals surface area contributed by atoms with Gasteiger partial charge in [0.05, 0.1) is 0 Å². The molecule has 0 N–H and O–H groups in total. The molecule has 0 unspecified atom stereocenters. The molecular weight excluding hydrogens is 316 g/mol. The van der Waals surface area contributed by atoms with Crippen LogP contribution in [-0.4, -0.2) is 4.98 Å². The first-order valence-electron chi connectivity index (χ1n) is 7.47. The van der Waals surface area contributed by atoms with Gasteiger partial charge in [-0.15, -0.1) is 0 Å². The highest BCUT2D eigenvalue weighted by atomic mass is 32.2. The number of hydrogen-bond donors (Lipinski definition) is 0. The lowest BCUT2D eigenvalue weighted by Gasteiger charge is -2.02. The molecule has 0 atom stereocenters. The quantitative estimate of drug-likeness (QED) is 0.497. The highest BCUT2D eigenvalue weighted by Gasteiger charge is 2.17. The summed E-state index contributed by atoms with van der Waals surface area (Å²) in [6.07, 6.45) is 0. The standard InChI is InChI=1S/C20H12N2OS/c21-13-18-20(24-15-9-2-1-3-10-15)23-19(22-18)17-12-6-8-14-7-4-5-11-16(14)17/h1-12H. The minimum absolute atomic E-state index is 0.312. The number of nitrogens with zero attached hydrogens (tertiary/aromatic N) is 2. The number of oxazole rings is 1. The molecular formula is C20H12N2OS. The highest BCUT2D eigenvalue weighted by Crippen LogP contribution is 2.35. The fourth-order valence-corrected chi connectivity index (χ4v) is 3.38. The third kappa shape index (κ3) is 2.66. The van der Waals surface area contributed by atoms with Crippen LogP contribution in [0.5, 0.6) is 0 Å². The van der Waals surface area contributed by atoms with E-state index in [-0.39, 0.29) is 0 Å². The molecule has 4 aromatic rings. The molecule has 0 fully saturated rings. The lowest BCUT2D eigenvalue weighted by molar-refractivity contribution is 0.483. The normalized spacial score (nSPS) is 10.6. The minimum Gasteiger partial charge on any atom is -0.428 e. The fourth-order valence-electron chi connectivity index (χ4n) is 2.57. The summed E-state index contributed by atoms with van der Waals surface area (Å²) < 4.78 is 5.93. The predicted molar refractivity (Wildman–Crippen MR) is 94.7 cm³/mol. The Bertz CT molecular complexity index is 1040. The molecule has 0 aliphatic rings. The van der Waals surface area contributed by atoms with Gasteiger partial charge in [0.25, 0.3) is 0 Å². The van der Waals surface area contributed by atoms with E-state index in [1.807, 2.05) is 72.8 Å². The molecule has 24 heavy (non-hydrogen) atoms. The van der Waals surface area contributed by atoms with Crippen molar-refractivity contribution in [2.45, 2.75) is 9.99 Å². The molecule has 114 valence electrons. The summed E-state index contributed by atoms with van der Waals surface area (Å²) in [5.41, 5.74) is 1.20. The number of rotatable bonds is 3. The Morgan fingerprint density at radius 1 is 0.875 bits per heavy atom. The predicted octanol–water partition coefficient (Wildman–Crippen LogP) is 5.52. The zero-order valence-electron chi connectivity index (χ0n) is 12.6. The summed E-state index contributed by atoms with van der Waals surface area (Å²) in [6.45, 7) is 0. The Kier molecular flexibility index (Phi) is 3.78. The second-order valence-electron chi connectivity index (χ2n) is 5.21.